The number of aromatic hydroxyl groups is 1. The highest BCUT2D eigenvalue weighted by Crippen LogP contribution is 2.31. The molecule has 20 heavy (non-hydrogen) atoms. The normalized spacial score (nSPS) is 10.9. The lowest BCUT2D eigenvalue weighted by Gasteiger charge is -2.11. The zero-order valence-electron chi connectivity index (χ0n) is 11.6. The molecule has 2 N–H and O–H groups in total. The van der Waals surface area contributed by atoms with Crippen LogP contribution in [-0.2, 0) is 6.42 Å². The number of hydrogen-bond donors (Lipinski definition) is 2. The van der Waals surface area contributed by atoms with Gasteiger partial charge in [-0.25, -0.2) is 0 Å². The lowest BCUT2D eigenvalue weighted by Crippen LogP contribution is -1.93. The summed E-state index contributed by atoms with van der Waals surface area (Å²) in [4.78, 5) is 0. The molecule has 0 unspecified atom stereocenters. The van der Waals surface area contributed by atoms with Crippen molar-refractivity contribution in [2.45, 2.75) is 12.8 Å². The van der Waals surface area contributed by atoms with Crippen molar-refractivity contribution in [2.24, 2.45) is 0 Å². The Morgan fingerprint density at radius 1 is 1.15 bits per heavy atom. The van der Waals surface area contributed by atoms with Gasteiger partial charge in [-0.05, 0) is 36.6 Å². The Morgan fingerprint density at radius 2 is 1.85 bits per heavy atom. The molecule has 1 rings (SSSR count). The molecule has 0 bridgehead atoms. The summed E-state index contributed by atoms with van der Waals surface area (Å²) in [5, 5.41) is 19.8. The molecule has 1 aromatic carbocycles. The molecule has 0 aliphatic heterocycles. The van der Waals surface area contributed by atoms with Gasteiger partial charge in [-0.2, -0.15) is 0 Å². The van der Waals surface area contributed by atoms with E-state index in [1.165, 1.54) is 0 Å². The Hall–Kier alpha value is -2.48. The van der Waals surface area contributed by atoms with E-state index in [4.69, 9.17) is 0 Å². The van der Waals surface area contributed by atoms with Crippen LogP contribution in [0.5, 0.6) is 5.75 Å². The number of aliphatic hydroxyl groups is 1. The van der Waals surface area contributed by atoms with Gasteiger partial charge in [0.1, 0.15) is 11.5 Å². The maximum Gasteiger partial charge on any atom is 0.123 e. The second kappa shape index (κ2) is 7.19. The van der Waals surface area contributed by atoms with Crippen molar-refractivity contribution in [1.82, 2.24) is 0 Å². The molecular formula is C18H20O2. The zero-order valence-corrected chi connectivity index (χ0v) is 11.6. The summed E-state index contributed by atoms with van der Waals surface area (Å²) in [6.07, 6.45) is 6.50. The molecule has 0 radical (unpaired) electrons. The van der Waals surface area contributed by atoms with Crippen molar-refractivity contribution < 1.29 is 10.2 Å². The van der Waals surface area contributed by atoms with Gasteiger partial charge < -0.3 is 10.2 Å². The first-order chi connectivity index (χ1) is 9.49. The molecule has 104 valence electrons. The molecule has 0 amide bonds. The molecule has 2 heteroatoms. The average molecular weight is 268 g/mol. The Labute approximate surface area is 120 Å². The van der Waals surface area contributed by atoms with Crippen LogP contribution < -0.4 is 0 Å². The molecule has 0 aliphatic rings. The third kappa shape index (κ3) is 4.02. The largest absolute Gasteiger partial charge is 0.508 e. The fourth-order valence-electron chi connectivity index (χ4n) is 1.86. The van der Waals surface area contributed by atoms with Crippen LogP contribution >= 0.6 is 0 Å². The number of phenols is 1. The minimum absolute atomic E-state index is 0.0886. The summed E-state index contributed by atoms with van der Waals surface area (Å²) in [7, 11) is 0. The van der Waals surface area contributed by atoms with E-state index in [9.17, 15) is 10.2 Å². The van der Waals surface area contributed by atoms with Crippen LogP contribution in [-0.4, -0.2) is 10.2 Å². The maximum absolute atomic E-state index is 10.00. The third-order valence-corrected chi connectivity index (χ3v) is 2.80. The predicted molar refractivity (Wildman–Crippen MR) is 85.7 cm³/mol. The van der Waals surface area contributed by atoms with Crippen molar-refractivity contribution in [2.75, 3.05) is 0 Å². The number of allylic oxidation sites excluding steroid dienone is 5. The molecule has 0 saturated heterocycles. The van der Waals surface area contributed by atoms with E-state index < -0.39 is 0 Å². The van der Waals surface area contributed by atoms with Crippen LogP contribution in [0.4, 0.5) is 0 Å². The van der Waals surface area contributed by atoms with Crippen LogP contribution in [0, 0.1) is 0 Å². The molecule has 0 aliphatic carbocycles. The van der Waals surface area contributed by atoms with E-state index in [1.54, 1.807) is 24.3 Å². The summed E-state index contributed by atoms with van der Waals surface area (Å²) < 4.78 is 0. The standard InChI is InChI=1S/C18H20O2/c1-5-7-13(3)11-16(14(4)19)17-12-15(8-6-2)9-10-18(17)20/h5-6,9-12,19-20H,1-4,7-8H2/b16-11+. The first kappa shape index (κ1) is 15.6. The van der Waals surface area contributed by atoms with E-state index in [2.05, 4.69) is 26.3 Å². The molecule has 2 nitrogen and oxygen atoms in total. The Bertz CT molecular complexity index is 577. The van der Waals surface area contributed by atoms with E-state index >= 15 is 0 Å². The van der Waals surface area contributed by atoms with Gasteiger partial charge in [0.05, 0.1) is 0 Å². The van der Waals surface area contributed by atoms with E-state index in [-0.39, 0.29) is 11.5 Å². The van der Waals surface area contributed by atoms with Crippen LogP contribution in [0.15, 0.2) is 74.1 Å². The van der Waals surface area contributed by atoms with Gasteiger partial charge >= 0.3 is 0 Å². The minimum atomic E-state index is -0.110. The van der Waals surface area contributed by atoms with Crippen molar-refractivity contribution in [3.63, 3.8) is 0 Å². The van der Waals surface area contributed by atoms with Gasteiger partial charge in [0.2, 0.25) is 0 Å². The molecular weight excluding hydrogens is 248 g/mol. The number of benzene rings is 1. The molecule has 0 heterocycles. The van der Waals surface area contributed by atoms with Crippen LogP contribution in [0.25, 0.3) is 5.57 Å². The number of hydrogen-bond acceptors (Lipinski definition) is 2. The van der Waals surface area contributed by atoms with Gasteiger partial charge in [-0.1, -0.05) is 36.9 Å². The van der Waals surface area contributed by atoms with Crippen molar-refractivity contribution in [3.05, 3.63) is 85.2 Å². The fraction of sp³-hybridized carbons (Fsp3) is 0.111. The van der Waals surface area contributed by atoms with Crippen LogP contribution in [0.3, 0.4) is 0 Å². The summed E-state index contributed by atoms with van der Waals surface area (Å²) in [6.45, 7) is 14.8. The second-order valence-corrected chi connectivity index (χ2v) is 4.50. The second-order valence-electron chi connectivity index (χ2n) is 4.50. The van der Waals surface area contributed by atoms with E-state index in [0.29, 0.717) is 24.0 Å². The minimum Gasteiger partial charge on any atom is -0.508 e. The molecule has 1 aromatic rings. The van der Waals surface area contributed by atoms with Gasteiger partial charge in [-0.15, -0.1) is 13.2 Å². The molecule has 0 aromatic heterocycles. The fourth-order valence-corrected chi connectivity index (χ4v) is 1.86. The van der Waals surface area contributed by atoms with Gasteiger partial charge in [0.25, 0.3) is 0 Å². The van der Waals surface area contributed by atoms with Crippen molar-refractivity contribution in [1.29, 1.82) is 0 Å². The Kier molecular flexibility index (Phi) is 5.60. The average Bonchev–Trinajstić information content (AvgIpc) is 2.39. The van der Waals surface area contributed by atoms with Gasteiger partial charge in [0, 0.05) is 11.1 Å². The van der Waals surface area contributed by atoms with Crippen molar-refractivity contribution >= 4 is 5.57 Å². The Balaban J connectivity index is 3.30. The summed E-state index contributed by atoms with van der Waals surface area (Å²) in [5.41, 5.74) is 2.76. The lowest BCUT2D eigenvalue weighted by molar-refractivity contribution is 0.437. The van der Waals surface area contributed by atoms with Crippen LogP contribution in [0.2, 0.25) is 0 Å². The first-order valence-corrected chi connectivity index (χ1v) is 6.31. The quantitative estimate of drug-likeness (QED) is 0.427. The highest BCUT2D eigenvalue weighted by atomic mass is 16.3. The van der Waals surface area contributed by atoms with Crippen LogP contribution in [0.1, 0.15) is 17.5 Å². The SMILES string of the molecule is C=CCC(=C)/C=C(\C(=C)O)c1cc(CC=C)ccc1O. The lowest BCUT2D eigenvalue weighted by atomic mass is 9.97. The Morgan fingerprint density at radius 3 is 2.40 bits per heavy atom. The predicted octanol–water partition coefficient (Wildman–Crippen LogP) is 4.71. The summed E-state index contributed by atoms with van der Waals surface area (Å²) >= 11 is 0. The number of rotatable bonds is 7. The zero-order chi connectivity index (χ0) is 15.1. The highest BCUT2D eigenvalue weighted by molar-refractivity contribution is 5.81. The summed E-state index contributed by atoms with van der Waals surface area (Å²) in [6, 6.07) is 5.23. The van der Waals surface area contributed by atoms with Gasteiger partial charge in [-0.3, -0.25) is 0 Å². The monoisotopic (exact) mass is 268 g/mol. The molecule has 0 atom stereocenters. The van der Waals surface area contributed by atoms with Gasteiger partial charge in [0.15, 0.2) is 0 Å². The smallest absolute Gasteiger partial charge is 0.123 e. The van der Waals surface area contributed by atoms with E-state index in [0.717, 1.165) is 11.1 Å². The molecule has 0 fully saturated rings. The van der Waals surface area contributed by atoms with Crippen molar-refractivity contribution in [3.8, 4) is 5.75 Å². The van der Waals surface area contributed by atoms with E-state index in [1.807, 2.05) is 12.1 Å². The maximum atomic E-state index is 10.00. The molecule has 0 saturated carbocycles. The highest BCUT2D eigenvalue weighted by Gasteiger charge is 2.11. The molecule has 0 spiro atoms. The number of phenolic OH excluding ortho intramolecular Hbond substituents is 1. The summed E-state index contributed by atoms with van der Waals surface area (Å²) in [5.74, 6) is -0.0214. The first-order valence-electron chi connectivity index (χ1n) is 6.31. The number of aliphatic hydroxyl groups excluding tert-OH is 1. The topological polar surface area (TPSA) is 40.5 Å². The third-order valence-electron chi connectivity index (χ3n) is 2.80.